The van der Waals surface area contributed by atoms with E-state index in [1.165, 1.54) is 12.3 Å². The zero-order valence-electron chi connectivity index (χ0n) is 11.7. The third kappa shape index (κ3) is 4.36. The van der Waals surface area contributed by atoms with Crippen molar-refractivity contribution in [1.82, 2.24) is 10.3 Å². The molecule has 0 saturated heterocycles. The highest BCUT2D eigenvalue weighted by Crippen LogP contribution is 2.27. The molecule has 0 aliphatic heterocycles. The number of carbonyl (C=O) groups is 2. The predicted molar refractivity (Wildman–Crippen MR) is 81.3 cm³/mol. The number of halogens is 1. The molecule has 116 valence electrons. The Morgan fingerprint density at radius 1 is 1.27 bits per heavy atom. The number of carbonyl (C=O) groups excluding carboxylic acids is 1. The normalized spacial score (nSPS) is 10.4. The molecule has 0 unspecified atom stereocenters. The fraction of sp³-hybridized carbons (Fsp3) is 0.267. The van der Waals surface area contributed by atoms with Crippen molar-refractivity contribution in [3.05, 3.63) is 41.2 Å². The summed E-state index contributed by atoms with van der Waals surface area (Å²) >= 11 is 1.12. The van der Waals surface area contributed by atoms with Gasteiger partial charge >= 0.3 is 5.97 Å². The predicted octanol–water partition coefficient (Wildman–Crippen LogP) is 2.93. The van der Waals surface area contributed by atoms with Gasteiger partial charge in [0.15, 0.2) is 0 Å². The molecular formula is C15H15FN2O3S. The van der Waals surface area contributed by atoms with Gasteiger partial charge in [-0.2, -0.15) is 0 Å². The van der Waals surface area contributed by atoms with Crippen LogP contribution in [0.25, 0.3) is 10.6 Å². The first-order chi connectivity index (χ1) is 10.6. The molecule has 0 bridgehead atoms. The molecule has 22 heavy (non-hydrogen) atoms. The maximum atomic E-state index is 13.7. The Morgan fingerprint density at radius 2 is 2.05 bits per heavy atom. The van der Waals surface area contributed by atoms with Crippen LogP contribution in [0, 0.1) is 5.82 Å². The minimum atomic E-state index is -0.844. The minimum absolute atomic E-state index is 0.0911. The molecule has 2 N–H and O–H groups in total. The Balaban J connectivity index is 1.90. The molecule has 0 aliphatic rings. The summed E-state index contributed by atoms with van der Waals surface area (Å²) in [6.07, 6.45) is 2.61. The van der Waals surface area contributed by atoms with Gasteiger partial charge in [0.05, 0.1) is 6.20 Å². The van der Waals surface area contributed by atoms with Gasteiger partial charge in [-0.25, -0.2) is 9.37 Å². The Hall–Kier alpha value is -2.28. The third-order valence-corrected chi connectivity index (χ3v) is 3.97. The number of unbranched alkanes of at least 4 members (excludes halogenated alkanes) is 1. The lowest BCUT2D eigenvalue weighted by Crippen LogP contribution is -2.23. The molecule has 0 aliphatic carbocycles. The van der Waals surface area contributed by atoms with Crippen LogP contribution in [-0.2, 0) is 4.79 Å². The molecule has 0 atom stereocenters. The summed E-state index contributed by atoms with van der Waals surface area (Å²) in [6.45, 7) is 0.402. The van der Waals surface area contributed by atoms with Crippen LogP contribution in [0.15, 0.2) is 30.5 Å². The van der Waals surface area contributed by atoms with E-state index in [1.807, 2.05) is 0 Å². The number of thiazole rings is 1. The molecule has 1 aromatic heterocycles. The van der Waals surface area contributed by atoms with Crippen LogP contribution in [0.3, 0.4) is 0 Å². The summed E-state index contributed by atoms with van der Waals surface area (Å²) in [5, 5.41) is 11.7. The largest absolute Gasteiger partial charge is 0.481 e. The minimum Gasteiger partial charge on any atom is -0.481 e. The van der Waals surface area contributed by atoms with Crippen LogP contribution < -0.4 is 5.32 Å². The summed E-state index contributed by atoms with van der Waals surface area (Å²) in [5.41, 5.74) is 0.369. The molecule has 0 saturated carbocycles. The molecule has 7 heteroatoms. The zero-order chi connectivity index (χ0) is 15.9. The Kier molecular flexibility index (Phi) is 5.60. The topological polar surface area (TPSA) is 79.3 Å². The van der Waals surface area contributed by atoms with E-state index >= 15 is 0 Å². The fourth-order valence-corrected chi connectivity index (χ4v) is 2.69. The van der Waals surface area contributed by atoms with Gasteiger partial charge in [0.2, 0.25) is 0 Å². The standard InChI is InChI=1S/C15H15FN2O3S/c16-11-6-2-1-5-10(11)15-18-9-12(22-15)14(21)17-8-4-3-7-13(19)20/h1-2,5-6,9H,3-4,7-8H2,(H,17,21)(H,19,20). The smallest absolute Gasteiger partial charge is 0.303 e. The van der Waals surface area contributed by atoms with E-state index in [0.717, 1.165) is 11.3 Å². The molecule has 1 amide bonds. The number of aromatic nitrogens is 1. The summed E-state index contributed by atoms with van der Waals surface area (Å²) in [4.78, 5) is 26.8. The van der Waals surface area contributed by atoms with Crippen LogP contribution in [0.5, 0.6) is 0 Å². The van der Waals surface area contributed by atoms with Crippen molar-refractivity contribution in [3.8, 4) is 10.6 Å². The van der Waals surface area contributed by atoms with Crippen molar-refractivity contribution in [2.24, 2.45) is 0 Å². The van der Waals surface area contributed by atoms with E-state index in [9.17, 15) is 14.0 Å². The lowest BCUT2D eigenvalue weighted by atomic mass is 10.2. The zero-order valence-corrected chi connectivity index (χ0v) is 12.5. The molecule has 5 nitrogen and oxygen atoms in total. The third-order valence-electron chi connectivity index (χ3n) is 2.94. The molecule has 0 fully saturated rings. The van der Waals surface area contributed by atoms with E-state index in [1.54, 1.807) is 18.2 Å². The van der Waals surface area contributed by atoms with Crippen LogP contribution in [0.4, 0.5) is 4.39 Å². The van der Waals surface area contributed by atoms with Crippen LogP contribution >= 0.6 is 11.3 Å². The number of benzene rings is 1. The number of hydrogen-bond acceptors (Lipinski definition) is 4. The summed E-state index contributed by atoms with van der Waals surface area (Å²) in [7, 11) is 0. The van der Waals surface area contributed by atoms with E-state index in [-0.39, 0.29) is 18.1 Å². The van der Waals surface area contributed by atoms with Gasteiger partial charge in [-0.3, -0.25) is 9.59 Å². The number of carboxylic acid groups (broad SMARTS) is 1. The van der Waals surface area contributed by atoms with Crippen molar-refractivity contribution >= 4 is 23.2 Å². The van der Waals surface area contributed by atoms with E-state index < -0.39 is 5.97 Å². The molecule has 0 radical (unpaired) electrons. The Morgan fingerprint density at radius 3 is 2.77 bits per heavy atom. The quantitative estimate of drug-likeness (QED) is 0.768. The second kappa shape index (κ2) is 7.65. The fourth-order valence-electron chi connectivity index (χ4n) is 1.83. The van der Waals surface area contributed by atoms with Gasteiger partial charge in [0.1, 0.15) is 15.7 Å². The first kappa shape index (κ1) is 16.1. The van der Waals surface area contributed by atoms with Gasteiger partial charge in [0.25, 0.3) is 5.91 Å². The molecule has 1 heterocycles. The average molecular weight is 322 g/mol. The van der Waals surface area contributed by atoms with Gasteiger partial charge in [-0.15, -0.1) is 11.3 Å². The van der Waals surface area contributed by atoms with Crippen molar-refractivity contribution < 1.29 is 19.1 Å². The number of hydrogen-bond donors (Lipinski definition) is 2. The van der Waals surface area contributed by atoms with Gasteiger partial charge in [0, 0.05) is 18.5 Å². The number of rotatable bonds is 7. The molecule has 2 aromatic rings. The lowest BCUT2D eigenvalue weighted by Gasteiger charge is -2.02. The van der Waals surface area contributed by atoms with E-state index in [2.05, 4.69) is 10.3 Å². The molecular weight excluding hydrogens is 307 g/mol. The lowest BCUT2D eigenvalue weighted by molar-refractivity contribution is -0.137. The number of aliphatic carboxylic acids is 1. The van der Waals surface area contributed by atoms with Crippen LogP contribution in [-0.4, -0.2) is 28.5 Å². The van der Waals surface area contributed by atoms with Crippen molar-refractivity contribution in [2.75, 3.05) is 6.54 Å². The number of nitrogens with one attached hydrogen (secondary N) is 1. The van der Waals surface area contributed by atoms with E-state index in [4.69, 9.17) is 5.11 Å². The SMILES string of the molecule is O=C(O)CCCCNC(=O)c1cnc(-c2ccccc2F)s1. The highest BCUT2D eigenvalue weighted by atomic mass is 32.1. The highest BCUT2D eigenvalue weighted by Gasteiger charge is 2.13. The number of carboxylic acids is 1. The summed E-state index contributed by atoms with van der Waals surface area (Å²) < 4.78 is 13.7. The monoisotopic (exact) mass is 322 g/mol. The summed E-state index contributed by atoms with van der Waals surface area (Å²) in [6, 6.07) is 6.26. The number of nitrogens with zero attached hydrogens (tertiary/aromatic N) is 1. The first-order valence-electron chi connectivity index (χ1n) is 6.78. The second-order valence-electron chi connectivity index (χ2n) is 4.62. The van der Waals surface area contributed by atoms with Crippen LogP contribution in [0.1, 0.15) is 28.9 Å². The summed E-state index contributed by atoms with van der Waals surface area (Å²) in [5.74, 6) is -1.50. The maximum absolute atomic E-state index is 13.7. The van der Waals surface area contributed by atoms with Crippen LogP contribution in [0.2, 0.25) is 0 Å². The maximum Gasteiger partial charge on any atom is 0.303 e. The molecule has 2 rings (SSSR count). The average Bonchev–Trinajstić information content (AvgIpc) is 2.96. The molecule has 0 spiro atoms. The van der Waals surface area contributed by atoms with Gasteiger partial charge < -0.3 is 10.4 Å². The molecule has 1 aromatic carbocycles. The second-order valence-corrected chi connectivity index (χ2v) is 5.65. The highest BCUT2D eigenvalue weighted by molar-refractivity contribution is 7.16. The van der Waals surface area contributed by atoms with E-state index in [0.29, 0.717) is 34.8 Å². The van der Waals surface area contributed by atoms with Crippen molar-refractivity contribution in [3.63, 3.8) is 0 Å². The van der Waals surface area contributed by atoms with Gasteiger partial charge in [-0.1, -0.05) is 12.1 Å². The Bertz CT molecular complexity index is 672. The van der Waals surface area contributed by atoms with Crippen molar-refractivity contribution in [2.45, 2.75) is 19.3 Å². The Labute approximate surface area is 130 Å². The van der Waals surface area contributed by atoms with Gasteiger partial charge in [-0.05, 0) is 25.0 Å². The van der Waals surface area contributed by atoms with Crippen molar-refractivity contribution in [1.29, 1.82) is 0 Å². The number of amides is 1. The first-order valence-corrected chi connectivity index (χ1v) is 7.60.